The summed E-state index contributed by atoms with van der Waals surface area (Å²) in [6.07, 6.45) is 2.93. The van der Waals surface area contributed by atoms with Gasteiger partial charge in [0.25, 0.3) is 0 Å². The number of benzene rings is 1. The van der Waals surface area contributed by atoms with Gasteiger partial charge in [-0.1, -0.05) is 12.1 Å². The van der Waals surface area contributed by atoms with Gasteiger partial charge in [-0.2, -0.15) is 8.42 Å². The van der Waals surface area contributed by atoms with Crippen molar-refractivity contribution in [3.8, 4) is 0 Å². The van der Waals surface area contributed by atoms with Gasteiger partial charge >= 0.3 is 15.3 Å². The zero-order valence-electron chi connectivity index (χ0n) is 13.7. The molecule has 0 radical (unpaired) electrons. The topological polar surface area (TPSA) is 105 Å². The van der Waals surface area contributed by atoms with E-state index in [0.29, 0.717) is 5.69 Å². The van der Waals surface area contributed by atoms with Crippen LogP contribution in [0.1, 0.15) is 19.4 Å². The van der Waals surface area contributed by atoms with E-state index < -0.39 is 21.3 Å². The number of primary amides is 1. The maximum absolute atomic E-state index is 12.3. The molecule has 8 heteroatoms. The Morgan fingerprint density at radius 3 is 2.58 bits per heavy atom. The Balaban J connectivity index is 2.52. The van der Waals surface area contributed by atoms with E-state index in [4.69, 9.17) is 5.73 Å². The first-order valence-corrected chi connectivity index (χ1v) is 8.79. The van der Waals surface area contributed by atoms with Gasteiger partial charge in [0.15, 0.2) is 0 Å². The van der Waals surface area contributed by atoms with Crippen molar-refractivity contribution in [3.05, 3.63) is 48.3 Å². The highest BCUT2D eigenvalue weighted by Gasteiger charge is 2.32. The number of hydrogen-bond donors (Lipinski definition) is 2. The number of hydrogen-bond acceptors (Lipinski definition) is 5. The summed E-state index contributed by atoms with van der Waals surface area (Å²) < 4.78 is 25.6. The van der Waals surface area contributed by atoms with Crippen LogP contribution in [-0.4, -0.2) is 24.7 Å². The third-order valence-electron chi connectivity index (χ3n) is 3.32. The number of amides is 1. The van der Waals surface area contributed by atoms with E-state index in [9.17, 15) is 13.2 Å². The molecule has 0 atom stereocenters. The van der Waals surface area contributed by atoms with E-state index in [1.165, 1.54) is 12.4 Å². The van der Waals surface area contributed by atoms with Crippen molar-refractivity contribution in [1.82, 2.24) is 4.98 Å². The lowest BCUT2D eigenvalue weighted by molar-refractivity contribution is 0.265. The maximum atomic E-state index is 12.3. The van der Waals surface area contributed by atoms with Gasteiger partial charge in [0.2, 0.25) is 0 Å². The summed E-state index contributed by atoms with van der Waals surface area (Å²) in [5.74, 6) is 0. The van der Waals surface area contributed by atoms with E-state index in [2.05, 4.69) is 10.3 Å². The number of aromatic nitrogens is 1. The highest BCUT2D eigenvalue weighted by atomic mass is 32.2. The number of carbonyl (C=O) groups is 1. The number of aryl methyl sites for hydroxylation is 1. The van der Waals surface area contributed by atoms with E-state index in [-0.39, 0.29) is 5.69 Å². The van der Waals surface area contributed by atoms with E-state index in [1.807, 2.05) is 31.2 Å². The Kier molecular flexibility index (Phi) is 5.08. The number of nitrogens with two attached hydrogens (primary N) is 1. The van der Waals surface area contributed by atoms with Crippen LogP contribution in [0.3, 0.4) is 0 Å². The molecule has 0 spiro atoms. The van der Waals surface area contributed by atoms with Gasteiger partial charge in [0.1, 0.15) is 0 Å². The molecule has 3 N–H and O–H groups in total. The van der Waals surface area contributed by atoms with E-state index >= 15 is 0 Å². The molecule has 0 bridgehead atoms. The maximum Gasteiger partial charge on any atom is 0.354 e. The minimum absolute atomic E-state index is 0.257. The van der Waals surface area contributed by atoms with Gasteiger partial charge < -0.3 is 11.1 Å². The first-order chi connectivity index (χ1) is 11.2. The highest BCUT2D eigenvalue weighted by molar-refractivity contribution is 8.07. The van der Waals surface area contributed by atoms with Crippen LogP contribution >= 0.6 is 0 Å². The number of rotatable bonds is 5. The number of nitrogens with zero attached hydrogens (tertiary/aromatic N) is 2. The van der Waals surface area contributed by atoms with Crippen LogP contribution in [0.5, 0.6) is 0 Å². The predicted molar refractivity (Wildman–Crippen MR) is 94.8 cm³/mol. The van der Waals surface area contributed by atoms with Gasteiger partial charge in [0, 0.05) is 17.9 Å². The van der Waals surface area contributed by atoms with Crippen LogP contribution in [0.25, 0.3) is 0 Å². The Labute approximate surface area is 141 Å². The smallest absolute Gasteiger partial charge is 0.354 e. The molecular formula is C16H20N4O3S. The Bertz CT molecular complexity index is 850. The van der Waals surface area contributed by atoms with Crippen molar-refractivity contribution in [2.24, 2.45) is 5.73 Å². The molecule has 0 aliphatic heterocycles. The number of pyridine rings is 1. The molecule has 0 aliphatic rings. The standard InChI is InChI=1S/C16H20N4O3S/c1-11(2)20(24(22,23)16(17)21)15-10-18-8-7-14(15)19-13-6-4-5-12(3)9-13/h4-11H,1-3H3,(H2,17,21)(H,18,19). The van der Waals surface area contributed by atoms with Crippen molar-refractivity contribution in [1.29, 1.82) is 0 Å². The first kappa shape index (κ1) is 17.7. The lowest BCUT2D eigenvalue weighted by Crippen LogP contribution is -2.43. The van der Waals surface area contributed by atoms with Gasteiger partial charge in [-0.3, -0.25) is 14.1 Å². The second kappa shape index (κ2) is 6.88. The van der Waals surface area contributed by atoms with Crippen molar-refractivity contribution < 1.29 is 13.2 Å². The summed E-state index contributed by atoms with van der Waals surface area (Å²) in [4.78, 5) is 15.4. The molecule has 1 heterocycles. The van der Waals surface area contributed by atoms with Crippen LogP contribution in [0, 0.1) is 6.92 Å². The fourth-order valence-electron chi connectivity index (χ4n) is 2.33. The third kappa shape index (κ3) is 3.65. The minimum atomic E-state index is -4.32. The molecule has 1 aromatic heterocycles. The largest absolute Gasteiger partial charge is 0.355 e. The molecule has 0 aliphatic carbocycles. The second-order valence-corrected chi connectivity index (χ2v) is 7.35. The number of nitrogens with one attached hydrogen (secondary N) is 1. The lowest BCUT2D eigenvalue weighted by Gasteiger charge is -2.28. The molecule has 1 amide bonds. The number of anilines is 3. The molecule has 0 saturated heterocycles. The third-order valence-corrected chi connectivity index (χ3v) is 4.96. The average Bonchev–Trinajstić information content (AvgIpc) is 2.48. The quantitative estimate of drug-likeness (QED) is 0.864. The van der Waals surface area contributed by atoms with Gasteiger partial charge in [-0.15, -0.1) is 0 Å². The molecule has 0 unspecified atom stereocenters. The van der Waals surface area contributed by atoms with Crippen LogP contribution in [0.2, 0.25) is 0 Å². The van der Waals surface area contributed by atoms with Gasteiger partial charge in [-0.25, -0.2) is 0 Å². The van der Waals surface area contributed by atoms with Crippen molar-refractivity contribution in [3.63, 3.8) is 0 Å². The normalized spacial score (nSPS) is 11.3. The molecule has 2 rings (SSSR count). The summed E-state index contributed by atoms with van der Waals surface area (Å²) in [6, 6.07) is 8.76. The Morgan fingerprint density at radius 1 is 1.29 bits per heavy atom. The molecular weight excluding hydrogens is 328 g/mol. The summed E-state index contributed by atoms with van der Waals surface area (Å²) in [6.45, 7) is 5.27. The predicted octanol–water partition coefficient (Wildman–Crippen LogP) is 2.76. The summed E-state index contributed by atoms with van der Waals surface area (Å²) in [7, 11) is -4.32. The Hall–Kier alpha value is -2.61. The fraction of sp³-hybridized carbons (Fsp3) is 0.250. The zero-order valence-corrected chi connectivity index (χ0v) is 14.5. The Morgan fingerprint density at radius 2 is 2.00 bits per heavy atom. The summed E-state index contributed by atoms with van der Waals surface area (Å²) >= 11 is 0. The summed E-state index contributed by atoms with van der Waals surface area (Å²) in [5.41, 5.74) is 7.68. The molecule has 7 nitrogen and oxygen atoms in total. The monoisotopic (exact) mass is 348 g/mol. The van der Waals surface area contributed by atoms with Crippen LogP contribution in [0.4, 0.5) is 21.9 Å². The van der Waals surface area contributed by atoms with Crippen LogP contribution in [0.15, 0.2) is 42.7 Å². The molecule has 0 saturated carbocycles. The molecule has 24 heavy (non-hydrogen) atoms. The van der Waals surface area contributed by atoms with Crippen molar-refractivity contribution in [2.75, 3.05) is 9.62 Å². The molecule has 1 aromatic carbocycles. The second-order valence-electron chi connectivity index (χ2n) is 5.60. The minimum Gasteiger partial charge on any atom is -0.355 e. The average molecular weight is 348 g/mol. The lowest BCUT2D eigenvalue weighted by atomic mass is 10.2. The van der Waals surface area contributed by atoms with Crippen LogP contribution < -0.4 is 15.4 Å². The van der Waals surface area contributed by atoms with Crippen molar-refractivity contribution >= 4 is 32.3 Å². The molecule has 128 valence electrons. The van der Waals surface area contributed by atoms with E-state index in [1.54, 1.807) is 19.9 Å². The number of sulfonamides is 1. The summed E-state index contributed by atoms with van der Waals surface area (Å²) in [5, 5.41) is 1.76. The zero-order chi connectivity index (χ0) is 17.9. The van der Waals surface area contributed by atoms with Gasteiger partial charge in [0.05, 0.1) is 17.6 Å². The van der Waals surface area contributed by atoms with Gasteiger partial charge in [-0.05, 0) is 44.5 Å². The number of carbonyl (C=O) groups excluding carboxylic acids is 1. The first-order valence-electron chi connectivity index (χ1n) is 7.35. The molecule has 2 aromatic rings. The van der Waals surface area contributed by atoms with Crippen LogP contribution in [-0.2, 0) is 10.0 Å². The van der Waals surface area contributed by atoms with Crippen molar-refractivity contribution in [2.45, 2.75) is 26.8 Å². The SMILES string of the molecule is Cc1cccc(Nc2ccncc2N(C(C)C)S(=O)(=O)C(N)=O)c1. The molecule has 0 fully saturated rings. The van der Waals surface area contributed by atoms with E-state index in [0.717, 1.165) is 15.6 Å². The highest BCUT2D eigenvalue weighted by Crippen LogP contribution is 2.31. The fourth-order valence-corrected chi connectivity index (χ4v) is 3.48.